The second kappa shape index (κ2) is 3.62. The number of hydrogen-bond acceptors (Lipinski definition) is 2. The van der Waals surface area contributed by atoms with Crippen molar-refractivity contribution in [1.82, 2.24) is 15.0 Å². The van der Waals surface area contributed by atoms with Gasteiger partial charge in [-0.05, 0) is 19.4 Å². The first-order valence-electron chi connectivity index (χ1n) is 4.77. The number of rotatable bonds is 2. The van der Waals surface area contributed by atoms with Gasteiger partial charge in [0.2, 0.25) is 0 Å². The summed E-state index contributed by atoms with van der Waals surface area (Å²) in [5.41, 5.74) is 3.34. The van der Waals surface area contributed by atoms with Crippen LogP contribution in [0.25, 0.3) is 11.3 Å². The second-order valence-corrected chi connectivity index (χ2v) is 3.27. The molecule has 0 saturated heterocycles. The third kappa shape index (κ3) is 1.53. The van der Waals surface area contributed by atoms with E-state index in [0.717, 1.165) is 17.8 Å². The van der Waals surface area contributed by atoms with Crippen molar-refractivity contribution in [2.75, 3.05) is 0 Å². The smallest absolute Gasteiger partial charge is 0.113 e. The van der Waals surface area contributed by atoms with Gasteiger partial charge in [0.25, 0.3) is 0 Å². The van der Waals surface area contributed by atoms with E-state index in [1.54, 1.807) is 0 Å². The minimum Gasteiger partial charge on any atom is -0.252 e. The zero-order valence-electron chi connectivity index (χ0n) is 8.44. The Morgan fingerprint density at radius 1 is 1.29 bits per heavy atom. The lowest BCUT2D eigenvalue weighted by Gasteiger charge is -1.99. The van der Waals surface area contributed by atoms with Crippen molar-refractivity contribution >= 4 is 0 Å². The molecule has 0 unspecified atom stereocenters. The number of aryl methyl sites for hydroxylation is 2. The van der Waals surface area contributed by atoms with Gasteiger partial charge in [-0.25, -0.2) is 0 Å². The van der Waals surface area contributed by atoms with Crippen molar-refractivity contribution in [2.24, 2.45) is 0 Å². The van der Waals surface area contributed by atoms with Crippen molar-refractivity contribution in [3.8, 4) is 11.3 Å². The zero-order valence-corrected chi connectivity index (χ0v) is 8.44. The molecule has 3 nitrogen and oxygen atoms in total. The largest absolute Gasteiger partial charge is 0.252 e. The summed E-state index contributed by atoms with van der Waals surface area (Å²) < 4.78 is 1.84. The molecule has 0 aliphatic carbocycles. The first kappa shape index (κ1) is 8.94. The van der Waals surface area contributed by atoms with E-state index in [1.165, 1.54) is 5.56 Å². The van der Waals surface area contributed by atoms with Gasteiger partial charge in [-0.3, -0.25) is 4.68 Å². The Kier molecular flexibility index (Phi) is 2.31. The molecule has 2 aromatic rings. The standard InChI is InChI=1S/C11H13N3/c1-3-14-8-11(12-13-14)10-7-5-4-6-9(10)2/h4-8H,3H2,1-2H3. The molecule has 0 amide bonds. The van der Waals surface area contributed by atoms with Crippen LogP contribution in [0.5, 0.6) is 0 Å². The van der Waals surface area contributed by atoms with Gasteiger partial charge < -0.3 is 0 Å². The molecule has 0 aliphatic heterocycles. The molecule has 1 aromatic heterocycles. The Morgan fingerprint density at radius 2 is 2.07 bits per heavy atom. The van der Waals surface area contributed by atoms with E-state index >= 15 is 0 Å². The first-order chi connectivity index (χ1) is 6.81. The Bertz CT molecular complexity index is 432. The van der Waals surface area contributed by atoms with E-state index in [-0.39, 0.29) is 0 Å². The van der Waals surface area contributed by atoms with Gasteiger partial charge in [-0.2, -0.15) is 0 Å². The fraction of sp³-hybridized carbons (Fsp3) is 0.273. The number of nitrogens with zero attached hydrogens (tertiary/aromatic N) is 3. The number of benzene rings is 1. The predicted molar refractivity (Wildman–Crippen MR) is 55.9 cm³/mol. The highest BCUT2D eigenvalue weighted by Gasteiger charge is 2.04. The molecule has 0 bridgehead atoms. The van der Waals surface area contributed by atoms with E-state index in [1.807, 2.05) is 23.0 Å². The lowest BCUT2D eigenvalue weighted by atomic mass is 10.1. The maximum absolute atomic E-state index is 4.13. The summed E-state index contributed by atoms with van der Waals surface area (Å²) in [5, 5.41) is 8.15. The van der Waals surface area contributed by atoms with Crippen LogP contribution in [-0.2, 0) is 6.54 Å². The van der Waals surface area contributed by atoms with Crippen LogP contribution in [0.4, 0.5) is 0 Å². The molecule has 14 heavy (non-hydrogen) atoms. The average Bonchev–Trinajstić information content (AvgIpc) is 2.67. The third-order valence-electron chi connectivity index (χ3n) is 2.28. The molecule has 0 fully saturated rings. The van der Waals surface area contributed by atoms with Crippen LogP contribution in [0.2, 0.25) is 0 Å². The quantitative estimate of drug-likeness (QED) is 0.722. The van der Waals surface area contributed by atoms with Crippen LogP contribution in [0, 0.1) is 6.92 Å². The lowest BCUT2D eigenvalue weighted by Crippen LogP contribution is -1.93. The van der Waals surface area contributed by atoms with Gasteiger partial charge in [0.15, 0.2) is 0 Å². The van der Waals surface area contributed by atoms with Gasteiger partial charge in [-0.1, -0.05) is 29.5 Å². The maximum Gasteiger partial charge on any atom is 0.113 e. The molecule has 1 aromatic carbocycles. The van der Waals surface area contributed by atoms with Crippen molar-refractivity contribution in [3.63, 3.8) is 0 Å². The highest BCUT2D eigenvalue weighted by atomic mass is 15.4. The summed E-state index contributed by atoms with van der Waals surface area (Å²) in [6, 6.07) is 8.20. The van der Waals surface area contributed by atoms with E-state index < -0.39 is 0 Å². The highest BCUT2D eigenvalue weighted by Crippen LogP contribution is 2.19. The van der Waals surface area contributed by atoms with Crippen molar-refractivity contribution < 1.29 is 0 Å². The van der Waals surface area contributed by atoms with Crippen LogP contribution in [0.1, 0.15) is 12.5 Å². The molecule has 3 heteroatoms. The van der Waals surface area contributed by atoms with Crippen LogP contribution in [-0.4, -0.2) is 15.0 Å². The Balaban J connectivity index is 2.44. The average molecular weight is 187 g/mol. The highest BCUT2D eigenvalue weighted by molar-refractivity contribution is 5.61. The van der Waals surface area contributed by atoms with Crippen LogP contribution >= 0.6 is 0 Å². The summed E-state index contributed by atoms with van der Waals surface area (Å²) >= 11 is 0. The maximum atomic E-state index is 4.13. The molecule has 0 N–H and O–H groups in total. The second-order valence-electron chi connectivity index (χ2n) is 3.27. The number of hydrogen-bond donors (Lipinski definition) is 0. The molecule has 0 spiro atoms. The fourth-order valence-corrected chi connectivity index (χ4v) is 1.44. The minimum absolute atomic E-state index is 0.860. The zero-order chi connectivity index (χ0) is 9.97. The van der Waals surface area contributed by atoms with E-state index in [2.05, 4.69) is 36.3 Å². The van der Waals surface area contributed by atoms with Crippen LogP contribution in [0.15, 0.2) is 30.5 Å². The molecule has 0 aliphatic rings. The molecule has 72 valence electrons. The van der Waals surface area contributed by atoms with Gasteiger partial charge in [0.1, 0.15) is 5.69 Å². The summed E-state index contributed by atoms with van der Waals surface area (Å²) in [7, 11) is 0. The van der Waals surface area contributed by atoms with Gasteiger partial charge in [0.05, 0.1) is 6.20 Å². The SMILES string of the molecule is CCn1cc(-c2ccccc2C)nn1. The summed E-state index contributed by atoms with van der Waals surface area (Å²) in [5.74, 6) is 0. The Hall–Kier alpha value is -1.64. The fourth-order valence-electron chi connectivity index (χ4n) is 1.44. The summed E-state index contributed by atoms with van der Waals surface area (Å²) in [6.07, 6.45) is 1.97. The monoisotopic (exact) mass is 187 g/mol. The van der Waals surface area contributed by atoms with Crippen molar-refractivity contribution in [2.45, 2.75) is 20.4 Å². The lowest BCUT2D eigenvalue weighted by molar-refractivity contribution is 0.627. The Labute approximate surface area is 83.4 Å². The van der Waals surface area contributed by atoms with E-state index in [9.17, 15) is 0 Å². The first-order valence-corrected chi connectivity index (χ1v) is 4.77. The predicted octanol–water partition coefficient (Wildman–Crippen LogP) is 2.27. The van der Waals surface area contributed by atoms with Gasteiger partial charge in [0, 0.05) is 12.1 Å². The normalized spacial score (nSPS) is 10.4. The molecular weight excluding hydrogens is 174 g/mol. The molecule has 2 rings (SSSR count). The molecule has 1 heterocycles. The van der Waals surface area contributed by atoms with Crippen molar-refractivity contribution in [1.29, 1.82) is 0 Å². The molecule has 0 saturated carbocycles. The number of aromatic nitrogens is 3. The molecular formula is C11H13N3. The Morgan fingerprint density at radius 3 is 2.71 bits per heavy atom. The minimum atomic E-state index is 0.860. The molecule has 0 atom stereocenters. The van der Waals surface area contributed by atoms with E-state index in [4.69, 9.17) is 0 Å². The van der Waals surface area contributed by atoms with Crippen LogP contribution < -0.4 is 0 Å². The topological polar surface area (TPSA) is 30.7 Å². The van der Waals surface area contributed by atoms with E-state index in [0.29, 0.717) is 0 Å². The van der Waals surface area contributed by atoms with Gasteiger partial charge >= 0.3 is 0 Å². The third-order valence-corrected chi connectivity index (χ3v) is 2.28. The van der Waals surface area contributed by atoms with Crippen LogP contribution in [0.3, 0.4) is 0 Å². The van der Waals surface area contributed by atoms with Crippen molar-refractivity contribution in [3.05, 3.63) is 36.0 Å². The summed E-state index contributed by atoms with van der Waals surface area (Å²) in [4.78, 5) is 0. The van der Waals surface area contributed by atoms with Gasteiger partial charge in [-0.15, -0.1) is 5.10 Å². The summed E-state index contributed by atoms with van der Waals surface area (Å²) in [6.45, 7) is 5.00. The molecule has 0 radical (unpaired) electrons.